The van der Waals surface area contributed by atoms with E-state index in [2.05, 4.69) is 25.9 Å². The van der Waals surface area contributed by atoms with Gasteiger partial charge in [-0.2, -0.15) is 0 Å². The Kier molecular flexibility index (Phi) is 7.22. The maximum atomic E-state index is 14.1. The smallest absolute Gasteiger partial charge is 0.300 e. The average Bonchev–Trinajstić information content (AvgIpc) is 2.52. The van der Waals surface area contributed by atoms with Crippen molar-refractivity contribution in [2.75, 3.05) is 19.0 Å². The normalized spacial score (nSPS) is 26.0. The minimum absolute atomic E-state index is 0.0305. The van der Waals surface area contributed by atoms with E-state index in [1.165, 1.54) is 6.42 Å². The molecule has 0 saturated heterocycles. The number of hydrogen-bond donors (Lipinski definition) is 1. The molecule has 1 aliphatic rings. The average molecular weight is 395 g/mol. The lowest BCUT2D eigenvalue weighted by atomic mass is 9.75. The Bertz CT molecular complexity index is 649. The molecule has 0 bridgehead atoms. The molecule has 1 fully saturated rings. The number of anilines is 1. The molecule has 154 valence electrons. The molecule has 0 spiro atoms. The quantitative estimate of drug-likeness (QED) is 0.653. The molecule has 4 atom stereocenters. The van der Waals surface area contributed by atoms with Crippen LogP contribution in [0.25, 0.3) is 0 Å². The maximum absolute atomic E-state index is 14.1. The summed E-state index contributed by atoms with van der Waals surface area (Å²) >= 11 is 0. The number of benzene rings is 1. The van der Waals surface area contributed by atoms with E-state index in [1.54, 1.807) is 0 Å². The summed E-state index contributed by atoms with van der Waals surface area (Å²) in [4.78, 5) is 2.05. The van der Waals surface area contributed by atoms with Gasteiger partial charge in [0, 0.05) is 25.3 Å². The number of nitrogens with zero attached hydrogens (tertiary/aromatic N) is 1. The van der Waals surface area contributed by atoms with Crippen molar-refractivity contribution in [3.8, 4) is 0 Å². The summed E-state index contributed by atoms with van der Waals surface area (Å²) in [6.07, 6.45) is 3.40. The molecule has 5 heteroatoms. The molecule has 1 saturated carbocycles. The third-order valence-electron chi connectivity index (χ3n) is 5.43. The summed E-state index contributed by atoms with van der Waals surface area (Å²) in [7, 11) is 0.834. The Labute approximate surface area is 166 Å². The zero-order valence-corrected chi connectivity index (χ0v) is 19.3. The van der Waals surface area contributed by atoms with Crippen LogP contribution >= 0.6 is 7.52 Å². The van der Waals surface area contributed by atoms with Crippen LogP contribution < -0.4 is 15.3 Å². The monoisotopic (exact) mass is 394 g/mol. The van der Waals surface area contributed by atoms with Crippen molar-refractivity contribution in [1.82, 2.24) is 5.09 Å². The fourth-order valence-corrected chi connectivity index (χ4v) is 6.32. The van der Waals surface area contributed by atoms with E-state index in [1.807, 2.05) is 64.0 Å². The van der Waals surface area contributed by atoms with Crippen molar-refractivity contribution in [2.24, 2.45) is 17.8 Å². The van der Waals surface area contributed by atoms with Crippen LogP contribution in [0, 0.1) is 17.8 Å². The van der Waals surface area contributed by atoms with E-state index < -0.39 is 7.52 Å². The van der Waals surface area contributed by atoms with Crippen LogP contribution in [0.3, 0.4) is 0 Å². The first-order chi connectivity index (χ1) is 12.4. The van der Waals surface area contributed by atoms with Gasteiger partial charge in [0.2, 0.25) is 0 Å². The predicted molar refractivity (Wildman–Crippen MR) is 117 cm³/mol. The third kappa shape index (κ3) is 6.07. The lowest BCUT2D eigenvalue weighted by Crippen LogP contribution is -2.41. The van der Waals surface area contributed by atoms with Gasteiger partial charge in [-0.25, -0.2) is 5.09 Å². The van der Waals surface area contributed by atoms with E-state index in [9.17, 15) is 4.57 Å². The fraction of sp³-hybridized carbons (Fsp3) is 0.727. The second-order valence-electron chi connectivity index (χ2n) is 9.79. The first-order valence-electron chi connectivity index (χ1n) is 10.3. The Morgan fingerprint density at radius 3 is 2.22 bits per heavy atom. The molecule has 2 rings (SSSR count). The van der Waals surface area contributed by atoms with Crippen LogP contribution in [0.2, 0.25) is 0 Å². The van der Waals surface area contributed by atoms with E-state index in [0.29, 0.717) is 17.8 Å². The van der Waals surface area contributed by atoms with Gasteiger partial charge in [-0.1, -0.05) is 27.2 Å². The third-order valence-corrected chi connectivity index (χ3v) is 7.94. The van der Waals surface area contributed by atoms with Gasteiger partial charge in [0.1, 0.15) is 0 Å². The fourth-order valence-electron chi connectivity index (χ4n) is 3.97. The molecule has 1 aromatic carbocycles. The number of hydrogen-bond acceptors (Lipinski definition) is 3. The van der Waals surface area contributed by atoms with Gasteiger partial charge in [0.25, 0.3) is 7.52 Å². The summed E-state index contributed by atoms with van der Waals surface area (Å²) in [6.45, 7) is 12.9. The highest BCUT2D eigenvalue weighted by Crippen LogP contribution is 2.49. The van der Waals surface area contributed by atoms with Crippen molar-refractivity contribution in [3.05, 3.63) is 24.3 Å². The molecular formula is C22H39N2O2P. The van der Waals surface area contributed by atoms with Gasteiger partial charge in [0.15, 0.2) is 0 Å². The molecule has 1 N–H and O–H groups in total. The number of nitrogens with one attached hydrogen (secondary N) is 1. The molecule has 0 aliphatic heterocycles. The Morgan fingerprint density at radius 2 is 1.74 bits per heavy atom. The largest absolute Gasteiger partial charge is 0.378 e. The standard InChI is InChI=1S/C22H39N2O2P/c1-16(2)20-14-9-17(3)15-21(20)26-27(25,23-22(4,5)6)19-12-10-18(11-13-19)24(7)8/h10-13,16-17,20-21H,9,14-15H2,1-8H3,(H,23,25)/t17-,20-,21+,27-/m0/s1. The topological polar surface area (TPSA) is 41.6 Å². The van der Waals surface area contributed by atoms with Gasteiger partial charge in [-0.3, -0.25) is 4.57 Å². The van der Waals surface area contributed by atoms with Gasteiger partial charge >= 0.3 is 0 Å². The lowest BCUT2D eigenvalue weighted by Gasteiger charge is -2.40. The molecule has 1 aliphatic carbocycles. The van der Waals surface area contributed by atoms with Crippen molar-refractivity contribution < 1.29 is 9.09 Å². The van der Waals surface area contributed by atoms with Crippen LogP contribution in [0.1, 0.15) is 60.8 Å². The van der Waals surface area contributed by atoms with Crippen LogP contribution in [-0.4, -0.2) is 25.7 Å². The lowest BCUT2D eigenvalue weighted by molar-refractivity contribution is 0.0474. The van der Waals surface area contributed by atoms with Gasteiger partial charge in [-0.15, -0.1) is 0 Å². The molecular weight excluding hydrogens is 355 g/mol. The summed E-state index contributed by atoms with van der Waals surface area (Å²) in [5.74, 6) is 1.60. The molecule has 1 aromatic rings. The van der Waals surface area contributed by atoms with Crippen molar-refractivity contribution in [3.63, 3.8) is 0 Å². The van der Waals surface area contributed by atoms with Crippen molar-refractivity contribution in [2.45, 2.75) is 72.4 Å². The predicted octanol–water partition coefficient (Wildman–Crippen LogP) is 5.44. The van der Waals surface area contributed by atoms with Gasteiger partial charge < -0.3 is 9.42 Å². The molecule has 0 aromatic heterocycles. The molecule has 0 amide bonds. The Balaban J connectivity index is 2.36. The molecule has 0 radical (unpaired) electrons. The van der Waals surface area contributed by atoms with E-state index in [0.717, 1.165) is 23.8 Å². The van der Waals surface area contributed by atoms with Crippen molar-refractivity contribution in [1.29, 1.82) is 0 Å². The molecule has 4 nitrogen and oxygen atoms in total. The SMILES string of the molecule is CC(C)[C@@H]1CC[C@H](C)C[C@H]1O[P@](=O)(NC(C)(C)C)c1ccc(N(C)C)cc1. The van der Waals surface area contributed by atoms with Crippen LogP contribution in [-0.2, 0) is 9.09 Å². The highest BCUT2D eigenvalue weighted by Gasteiger charge is 2.39. The summed E-state index contributed by atoms with van der Waals surface area (Å²) < 4.78 is 20.6. The van der Waals surface area contributed by atoms with Crippen molar-refractivity contribution >= 4 is 18.5 Å². The highest BCUT2D eigenvalue weighted by atomic mass is 31.2. The Hall–Kier alpha value is -0.830. The summed E-state index contributed by atoms with van der Waals surface area (Å²) in [6, 6.07) is 7.93. The molecule has 27 heavy (non-hydrogen) atoms. The van der Waals surface area contributed by atoms with E-state index in [4.69, 9.17) is 4.52 Å². The van der Waals surface area contributed by atoms with E-state index in [-0.39, 0.29) is 11.6 Å². The second-order valence-corrected chi connectivity index (χ2v) is 11.8. The first kappa shape index (κ1) is 22.5. The molecule has 0 unspecified atom stereocenters. The highest BCUT2D eigenvalue weighted by molar-refractivity contribution is 7.65. The Morgan fingerprint density at radius 1 is 1.15 bits per heavy atom. The zero-order chi connectivity index (χ0) is 20.4. The second kappa shape index (κ2) is 8.68. The first-order valence-corrected chi connectivity index (χ1v) is 11.9. The molecule has 0 heterocycles. The van der Waals surface area contributed by atoms with Crippen LogP contribution in [0.15, 0.2) is 24.3 Å². The zero-order valence-electron chi connectivity index (χ0n) is 18.5. The van der Waals surface area contributed by atoms with Gasteiger partial charge in [0.05, 0.1) is 11.4 Å². The maximum Gasteiger partial charge on any atom is 0.300 e. The number of rotatable bonds is 6. The minimum atomic E-state index is -3.18. The van der Waals surface area contributed by atoms with Crippen LogP contribution in [0.4, 0.5) is 5.69 Å². The van der Waals surface area contributed by atoms with Gasteiger partial charge in [-0.05, 0) is 75.6 Å². The minimum Gasteiger partial charge on any atom is -0.378 e. The summed E-state index contributed by atoms with van der Waals surface area (Å²) in [5, 5.41) is 4.09. The van der Waals surface area contributed by atoms with E-state index >= 15 is 0 Å². The van der Waals surface area contributed by atoms with Crippen LogP contribution in [0.5, 0.6) is 0 Å². The summed E-state index contributed by atoms with van der Waals surface area (Å²) in [5.41, 5.74) is 0.788.